The molecule has 0 aliphatic carbocycles. The first-order valence-electron chi connectivity index (χ1n) is 15.9. The highest BCUT2D eigenvalue weighted by atomic mass is 32.1. The van der Waals surface area contributed by atoms with Gasteiger partial charge in [-0.05, 0) is 35.7 Å². The minimum absolute atomic E-state index is 0.664. The smallest absolute Gasteiger partial charge is 0.236 e. The predicted octanol–water partition coefficient (Wildman–Crippen LogP) is 11.3. The predicted molar refractivity (Wildman–Crippen MR) is 198 cm³/mol. The van der Waals surface area contributed by atoms with E-state index in [1.165, 1.54) is 58.1 Å². The van der Waals surface area contributed by atoms with Crippen LogP contribution in [0.1, 0.15) is 0 Å². The van der Waals surface area contributed by atoms with Gasteiger partial charge in [0.2, 0.25) is 5.95 Å². The Labute approximate surface area is 272 Å². The molecule has 0 saturated heterocycles. The van der Waals surface area contributed by atoms with Crippen LogP contribution < -0.4 is 0 Å². The molecular formula is C42H24N4S. The molecule has 0 aliphatic heterocycles. The van der Waals surface area contributed by atoms with Gasteiger partial charge in [0.25, 0.3) is 0 Å². The maximum atomic E-state index is 5.53. The van der Waals surface area contributed by atoms with Gasteiger partial charge in [-0.15, -0.1) is 11.3 Å². The van der Waals surface area contributed by atoms with E-state index in [4.69, 9.17) is 9.97 Å². The average molecular weight is 617 g/mol. The zero-order chi connectivity index (χ0) is 30.6. The van der Waals surface area contributed by atoms with Crippen molar-refractivity contribution in [2.24, 2.45) is 0 Å². The SMILES string of the molecule is c1ccc2c(c1)cc1c3ccccc3c3c4ccccc4n(-c4nc(-c5cccc6c5sc5ccccc56)c5ccccc5n4)c3n21. The van der Waals surface area contributed by atoms with E-state index in [9.17, 15) is 0 Å². The second-order valence-corrected chi connectivity index (χ2v) is 13.2. The fourth-order valence-electron chi connectivity index (χ4n) is 7.72. The Balaban J connectivity index is 1.35. The molecule has 6 aromatic carbocycles. The quantitative estimate of drug-likeness (QED) is 0.194. The van der Waals surface area contributed by atoms with Crippen LogP contribution in [0.5, 0.6) is 0 Å². The van der Waals surface area contributed by atoms with E-state index >= 15 is 0 Å². The molecular weight excluding hydrogens is 593 g/mol. The Morgan fingerprint density at radius 3 is 2.06 bits per heavy atom. The molecule has 0 atom stereocenters. The van der Waals surface area contributed by atoms with Crippen molar-refractivity contribution in [1.29, 1.82) is 0 Å². The Morgan fingerprint density at radius 1 is 0.489 bits per heavy atom. The van der Waals surface area contributed by atoms with Gasteiger partial charge in [0.05, 0.1) is 27.8 Å². The molecule has 5 aromatic heterocycles. The number of hydrogen-bond acceptors (Lipinski definition) is 3. The Bertz CT molecular complexity index is 3090. The lowest BCUT2D eigenvalue weighted by molar-refractivity contribution is 0.993. The summed E-state index contributed by atoms with van der Waals surface area (Å²) in [6, 6.07) is 52.1. The molecule has 0 aliphatic rings. The molecule has 0 amide bonds. The van der Waals surface area contributed by atoms with Crippen molar-refractivity contribution in [3.05, 3.63) is 146 Å². The lowest BCUT2D eigenvalue weighted by Crippen LogP contribution is -2.06. The molecule has 5 heterocycles. The van der Waals surface area contributed by atoms with E-state index in [0.717, 1.165) is 33.3 Å². The normalized spacial score (nSPS) is 12.3. The largest absolute Gasteiger partial charge is 0.294 e. The van der Waals surface area contributed by atoms with Crippen molar-refractivity contribution in [1.82, 2.24) is 18.9 Å². The third kappa shape index (κ3) is 3.36. The molecule has 0 radical (unpaired) electrons. The van der Waals surface area contributed by atoms with Crippen LogP contribution in [0.2, 0.25) is 0 Å². The monoisotopic (exact) mass is 616 g/mol. The minimum Gasteiger partial charge on any atom is -0.294 e. The van der Waals surface area contributed by atoms with E-state index < -0.39 is 0 Å². The van der Waals surface area contributed by atoms with Gasteiger partial charge in [-0.1, -0.05) is 115 Å². The van der Waals surface area contributed by atoms with E-state index in [1.807, 2.05) is 11.3 Å². The van der Waals surface area contributed by atoms with Crippen molar-refractivity contribution < 1.29 is 0 Å². The Kier molecular flexibility index (Phi) is 4.96. The first-order chi connectivity index (χ1) is 23.3. The fraction of sp³-hybridized carbons (Fsp3) is 0. The number of thiophene rings is 1. The molecule has 0 saturated carbocycles. The van der Waals surface area contributed by atoms with Crippen LogP contribution in [0.25, 0.3) is 97.4 Å². The zero-order valence-electron chi connectivity index (χ0n) is 25.1. The topological polar surface area (TPSA) is 35.1 Å². The zero-order valence-corrected chi connectivity index (χ0v) is 25.9. The molecule has 4 nitrogen and oxygen atoms in total. The number of hydrogen-bond donors (Lipinski definition) is 0. The number of benzene rings is 6. The van der Waals surface area contributed by atoms with E-state index in [0.29, 0.717) is 5.95 Å². The molecule has 0 spiro atoms. The molecule has 0 unspecified atom stereocenters. The van der Waals surface area contributed by atoms with Gasteiger partial charge in [0, 0.05) is 52.7 Å². The van der Waals surface area contributed by atoms with E-state index in [1.54, 1.807) is 0 Å². The summed E-state index contributed by atoms with van der Waals surface area (Å²) in [6.07, 6.45) is 0. The molecule has 47 heavy (non-hydrogen) atoms. The summed E-state index contributed by atoms with van der Waals surface area (Å²) < 4.78 is 7.23. The van der Waals surface area contributed by atoms with E-state index in [2.05, 4.69) is 155 Å². The number of fused-ring (bicyclic) bond motifs is 14. The van der Waals surface area contributed by atoms with Gasteiger partial charge < -0.3 is 0 Å². The molecule has 11 aromatic rings. The highest BCUT2D eigenvalue weighted by Gasteiger charge is 2.23. The van der Waals surface area contributed by atoms with Gasteiger partial charge in [-0.2, -0.15) is 0 Å². The molecule has 5 heteroatoms. The van der Waals surface area contributed by atoms with Crippen molar-refractivity contribution >= 4 is 91.5 Å². The van der Waals surface area contributed by atoms with Crippen LogP contribution in [-0.2, 0) is 0 Å². The minimum atomic E-state index is 0.664. The van der Waals surface area contributed by atoms with Crippen LogP contribution in [-0.4, -0.2) is 18.9 Å². The third-order valence-electron chi connectivity index (χ3n) is 9.70. The van der Waals surface area contributed by atoms with Crippen molar-refractivity contribution in [2.75, 3.05) is 0 Å². The van der Waals surface area contributed by atoms with Gasteiger partial charge in [0.15, 0.2) is 0 Å². The van der Waals surface area contributed by atoms with Crippen LogP contribution in [0, 0.1) is 0 Å². The summed E-state index contributed by atoms with van der Waals surface area (Å²) in [5.74, 6) is 0.664. The van der Waals surface area contributed by atoms with Gasteiger partial charge in [-0.3, -0.25) is 8.97 Å². The Hall–Kier alpha value is -6.04. The molecule has 0 N–H and O–H groups in total. The van der Waals surface area contributed by atoms with Crippen LogP contribution >= 0.6 is 11.3 Å². The summed E-state index contributed by atoms with van der Waals surface area (Å²) in [5.41, 5.74) is 7.50. The third-order valence-corrected chi connectivity index (χ3v) is 10.9. The van der Waals surface area contributed by atoms with Crippen LogP contribution in [0.4, 0.5) is 0 Å². The van der Waals surface area contributed by atoms with Gasteiger partial charge in [-0.25, -0.2) is 9.97 Å². The molecule has 0 fully saturated rings. The highest BCUT2D eigenvalue weighted by Crippen LogP contribution is 2.43. The van der Waals surface area contributed by atoms with Crippen molar-refractivity contribution in [2.45, 2.75) is 0 Å². The second kappa shape index (κ2) is 9.25. The lowest BCUT2D eigenvalue weighted by atomic mass is 10.0. The summed E-state index contributed by atoms with van der Waals surface area (Å²) in [4.78, 5) is 10.9. The maximum absolute atomic E-state index is 5.53. The van der Waals surface area contributed by atoms with Crippen molar-refractivity contribution in [3.63, 3.8) is 0 Å². The summed E-state index contributed by atoms with van der Waals surface area (Å²) in [7, 11) is 0. The van der Waals surface area contributed by atoms with Crippen LogP contribution in [0.15, 0.2) is 146 Å². The number of aromatic nitrogens is 4. The number of pyridine rings is 1. The summed E-state index contributed by atoms with van der Waals surface area (Å²) >= 11 is 1.83. The van der Waals surface area contributed by atoms with Crippen LogP contribution in [0.3, 0.4) is 0 Å². The first-order valence-corrected chi connectivity index (χ1v) is 16.7. The first kappa shape index (κ1) is 25.2. The van der Waals surface area contributed by atoms with Gasteiger partial charge >= 0.3 is 0 Å². The second-order valence-electron chi connectivity index (χ2n) is 12.2. The summed E-state index contributed by atoms with van der Waals surface area (Å²) in [5, 5.41) is 9.64. The average Bonchev–Trinajstić information content (AvgIpc) is 3.81. The fourth-order valence-corrected chi connectivity index (χ4v) is 8.93. The molecule has 0 bridgehead atoms. The number of nitrogens with zero attached hydrogens (tertiary/aromatic N) is 4. The number of rotatable bonds is 2. The standard InChI is InChI=1S/C42H24N4S/c1-8-21-34-25(12-1)24-36-26-13-2-3-15-28(26)38-31-17-5-9-22-35(31)46(41(38)45(34)36)42-43-33-20-7-4-16-30(33)39(44-42)32-19-11-18-29-27-14-6-10-23-37(27)47-40(29)32/h1-24H. The lowest BCUT2D eigenvalue weighted by Gasteiger charge is -2.14. The summed E-state index contributed by atoms with van der Waals surface area (Å²) in [6.45, 7) is 0. The number of para-hydroxylation sites is 3. The van der Waals surface area contributed by atoms with Crippen molar-refractivity contribution in [3.8, 4) is 17.2 Å². The molecule has 218 valence electrons. The molecule has 11 rings (SSSR count). The van der Waals surface area contributed by atoms with Gasteiger partial charge in [0.1, 0.15) is 5.65 Å². The van der Waals surface area contributed by atoms with E-state index in [-0.39, 0.29) is 0 Å². The Morgan fingerprint density at radius 2 is 1.17 bits per heavy atom. The highest BCUT2D eigenvalue weighted by molar-refractivity contribution is 7.26. The maximum Gasteiger partial charge on any atom is 0.236 e.